The highest BCUT2D eigenvalue weighted by Crippen LogP contribution is 2.41. The van der Waals surface area contributed by atoms with Crippen LogP contribution in [0.3, 0.4) is 0 Å². The van der Waals surface area contributed by atoms with Crippen molar-refractivity contribution in [2.24, 2.45) is 23.7 Å². The molecule has 5 rings (SSSR count). The molecule has 3 N–H and O–H groups in total. The van der Waals surface area contributed by atoms with Gasteiger partial charge in [0.1, 0.15) is 36.3 Å². The van der Waals surface area contributed by atoms with Gasteiger partial charge in [0.15, 0.2) is 0 Å². The number of carbonyl (C=O) groups excluding carboxylic acids is 3. The number of amides is 3. The average Bonchev–Trinajstić information content (AvgIpc) is 3.63. The first-order chi connectivity index (χ1) is 21.1. The Labute approximate surface area is 259 Å². The summed E-state index contributed by atoms with van der Waals surface area (Å²) in [7, 11) is 0. The molecule has 0 spiro atoms. The van der Waals surface area contributed by atoms with Crippen molar-refractivity contribution in [3.05, 3.63) is 30.0 Å². The lowest BCUT2D eigenvalue weighted by Gasteiger charge is -2.37. The molecule has 44 heavy (non-hydrogen) atoms. The number of aliphatic hydroxyl groups is 1. The number of halogens is 1. The lowest BCUT2D eigenvalue weighted by Crippen LogP contribution is -2.50. The molecule has 1 aliphatic heterocycles. The zero-order valence-electron chi connectivity index (χ0n) is 26.3. The normalized spacial score (nSPS) is 25.5. The van der Waals surface area contributed by atoms with E-state index in [0.717, 1.165) is 37.5 Å². The van der Waals surface area contributed by atoms with Gasteiger partial charge in [-0.3, -0.25) is 9.59 Å². The Hall–Kier alpha value is -3.14. The van der Waals surface area contributed by atoms with Crippen molar-refractivity contribution in [1.29, 1.82) is 0 Å². The van der Waals surface area contributed by atoms with Gasteiger partial charge in [0, 0.05) is 23.5 Å². The summed E-state index contributed by atoms with van der Waals surface area (Å²) in [5.74, 6) is 0.535. The van der Waals surface area contributed by atoms with E-state index in [4.69, 9.17) is 9.15 Å². The smallest absolute Gasteiger partial charge is 0.407 e. The van der Waals surface area contributed by atoms with E-state index >= 15 is 0 Å². The first-order valence-corrected chi connectivity index (χ1v) is 16.4. The van der Waals surface area contributed by atoms with Gasteiger partial charge in [-0.15, -0.1) is 0 Å². The molecule has 0 radical (unpaired) electrons. The van der Waals surface area contributed by atoms with Crippen LogP contribution < -0.4 is 10.6 Å². The fourth-order valence-corrected chi connectivity index (χ4v) is 7.67. The van der Waals surface area contributed by atoms with Crippen LogP contribution in [0.5, 0.6) is 0 Å². The van der Waals surface area contributed by atoms with Crippen molar-refractivity contribution in [3.8, 4) is 0 Å². The quantitative estimate of drug-likeness (QED) is 0.320. The first kappa shape index (κ1) is 32.3. The molecule has 1 aromatic heterocycles. The Kier molecular flexibility index (Phi) is 10.2. The third-order valence-corrected chi connectivity index (χ3v) is 9.80. The van der Waals surface area contributed by atoms with Crippen molar-refractivity contribution in [2.75, 3.05) is 18.5 Å². The van der Waals surface area contributed by atoms with E-state index in [0.29, 0.717) is 55.2 Å². The molecule has 9 nitrogen and oxygen atoms in total. The number of benzene rings is 1. The van der Waals surface area contributed by atoms with Crippen molar-refractivity contribution >= 4 is 34.6 Å². The highest BCUT2D eigenvalue weighted by atomic mass is 19.1. The summed E-state index contributed by atoms with van der Waals surface area (Å²) in [6.07, 6.45) is 8.33. The van der Waals surface area contributed by atoms with Gasteiger partial charge in [-0.2, -0.15) is 0 Å². The van der Waals surface area contributed by atoms with Gasteiger partial charge < -0.3 is 29.8 Å². The van der Waals surface area contributed by atoms with E-state index in [9.17, 15) is 23.9 Å². The molecule has 0 bridgehead atoms. The lowest BCUT2D eigenvalue weighted by atomic mass is 9.76. The van der Waals surface area contributed by atoms with Crippen LogP contribution in [0.1, 0.15) is 90.7 Å². The number of anilines is 1. The molecule has 10 heteroatoms. The number of alkyl carbamates (subject to hydrolysis) is 1. The largest absolute Gasteiger partial charge is 0.459 e. The van der Waals surface area contributed by atoms with E-state index in [1.807, 2.05) is 11.0 Å². The molecule has 2 aromatic rings. The summed E-state index contributed by atoms with van der Waals surface area (Å²) < 4.78 is 24.9. The number of fused-ring (bicyclic) bond motifs is 1. The second-order valence-electron chi connectivity index (χ2n) is 14.0. The number of rotatable bonds is 8. The van der Waals surface area contributed by atoms with E-state index in [2.05, 4.69) is 10.6 Å². The molecular weight excluding hydrogens is 565 g/mol. The molecule has 242 valence electrons. The van der Waals surface area contributed by atoms with E-state index in [1.54, 1.807) is 39.0 Å². The molecule has 3 fully saturated rings. The van der Waals surface area contributed by atoms with Crippen LogP contribution in [0.15, 0.2) is 28.7 Å². The summed E-state index contributed by atoms with van der Waals surface area (Å²) in [6, 6.07) is 5.97. The van der Waals surface area contributed by atoms with Gasteiger partial charge in [0.2, 0.25) is 11.8 Å². The van der Waals surface area contributed by atoms with Crippen LogP contribution in [-0.4, -0.2) is 58.8 Å². The Morgan fingerprint density at radius 1 is 1.05 bits per heavy atom. The lowest BCUT2D eigenvalue weighted by molar-refractivity contribution is -0.142. The van der Waals surface area contributed by atoms with Gasteiger partial charge in [-0.05, 0) is 94.9 Å². The van der Waals surface area contributed by atoms with Gasteiger partial charge in [-0.1, -0.05) is 32.1 Å². The minimum Gasteiger partial charge on any atom is -0.459 e. The summed E-state index contributed by atoms with van der Waals surface area (Å²) in [6.45, 7) is 4.98. The third kappa shape index (κ3) is 7.56. The second kappa shape index (κ2) is 13.9. The number of hydrogen-bond acceptors (Lipinski definition) is 6. The molecule has 1 aromatic carbocycles. The van der Waals surface area contributed by atoms with E-state index < -0.39 is 30.5 Å². The van der Waals surface area contributed by atoms with Gasteiger partial charge in [0.25, 0.3) is 0 Å². The monoisotopic (exact) mass is 613 g/mol. The Bertz CT molecular complexity index is 1310. The summed E-state index contributed by atoms with van der Waals surface area (Å²) in [5.41, 5.74) is 0.597. The standard InChI is InChI=1S/C34H48FN3O6/c1-34(2,3)44-33(42)37-28(19-35)22-9-11-23(12-10-22)32(41)38-16-15-27(21-7-5-4-6-8-21)30(38)31(40)36-25-13-14-29-24(17-25)18-26(20-39)43-29/h13-14,17-18,21-23,27-28,30,39H,4-12,15-16,19-20H2,1-3H3,(H,36,40)(H,37,42)/t22-,23-,27-,28?,30-/m0/s1. The van der Waals surface area contributed by atoms with Crippen LogP contribution in [0, 0.1) is 23.7 Å². The topological polar surface area (TPSA) is 121 Å². The van der Waals surface area contributed by atoms with Crippen LogP contribution >= 0.6 is 0 Å². The molecule has 2 heterocycles. The van der Waals surface area contributed by atoms with Gasteiger partial charge in [0.05, 0.1) is 6.04 Å². The maximum Gasteiger partial charge on any atom is 0.407 e. The number of alkyl halides is 1. The maximum atomic E-state index is 14.0. The van der Waals surface area contributed by atoms with E-state index in [1.165, 1.54) is 6.42 Å². The SMILES string of the molecule is CC(C)(C)OC(=O)NC(CF)[C@H]1CC[C@H](C(=O)N2CC[C@@H](C3CCCCC3)[C@H]2C(=O)Nc2ccc3oc(CO)cc3c2)CC1. The average molecular weight is 614 g/mol. The molecule has 3 aliphatic rings. The molecule has 1 saturated heterocycles. The van der Waals surface area contributed by atoms with Crippen molar-refractivity contribution < 1.29 is 33.0 Å². The van der Waals surface area contributed by atoms with Crippen LogP contribution in [-0.2, 0) is 20.9 Å². The predicted molar refractivity (Wildman–Crippen MR) is 166 cm³/mol. The summed E-state index contributed by atoms with van der Waals surface area (Å²) in [5, 5.41) is 16.0. The van der Waals surface area contributed by atoms with Crippen LogP contribution in [0.25, 0.3) is 11.0 Å². The van der Waals surface area contributed by atoms with Crippen LogP contribution in [0.2, 0.25) is 0 Å². The fourth-order valence-electron chi connectivity index (χ4n) is 7.67. The van der Waals surface area contributed by atoms with E-state index in [-0.39, 0.29) is 36.2 Å². The summed E-state index contributed by atoms with van der Waals surface area (Å²) in [4.78, 5) is 42.1. The minimum absolute atomic E-state index is 0.0108. The Morgan fingerprint density at radius 3 is 2.43 bits per heavy atom. The van der Waals surface area contributed by atoms with Crippen LogP contribution in [0.4, 0.5) is 14.9 Å². The fraction of sp³-hybridized carbons (Fsp3) is 0.676. The highest BCUT2D eigenvalue weighted by molar-refractivity contribution is 5.99. The van der Waals surface area contributed by atoms with Gasteiger partial charge >= 0.3 is 6.09 Å². The van der Waals surface area contributed by atoms with Gasteiger partial charge in [-0.25, -0.2) is 9.18 Å². The number of aliphatic hydroxyl groups excluding tert-OH is 1. The van der Waals surface area contributed by atoms with Crippen molar-refractivity contribution in [3.63, 3.8) is 0 Å². The Balaban J connectivity index is 1.26. The molecule has 2 saturated carbocycles. The zero-order chi connectivity index (χ0) is 31.4. The molecule has 3 amide bonds. The number of hydrogen-bond donors (Lipinski definition) is 3. The number of carbonyl (C=O) groups is 3. The predicted octanol–water partition coefficient (Wildman–Crippen LogP) is 6.33. The second-order valence-corrected chi connectivity index (χ2v) is 14.0. The zero-order valence-corrected chi connectivity index (χ0v) is 26.3. The van der Waals surface area contributed by atoms with Crippen molar-refractivity contribution in [1.82, 2.24) is 10.2 Å². The molecule has 3 atom stereocenters. The maximum absolute atomic E-state index is 14.0. The first-order valence-electron chi connectivity index (χ1n) is 16.4. The molecule has 1 unspecified atom stereocenters. The highest BCUT2D eigenvalue weighted by Gasteiger charge is 2.47. The number of ether oxygens (including phenoxy) is 1. The number of nitrogens with one attached hydrogen (secondary N) is 2. The Morgan fingerprint density at radius 2 is 1.77 bits per heavy atom. The molecular formula is C34H48FN3O6. The van der Waals surface area contributed by atoms with Crippen molar-refractivity contribution in [2.45, 2.75) is 109 Å². The molecule has 2 aliphatic carbocycles. The number of furan rings is 1. The minimum atomic E-state index is -0.689. The summed E-state index contributed by atoms with van der Waals surface area (Å²) >= 11 is 0. The number of nitrogens with zero attached hydrogens (tertiary/aromatic N) is 1. The third-order valence-electron chi connectivity index (χ3n) is 9.80. The number of likely N-dealkylation sites (tertiary alicyclic amines) is 1.